The van der Waals surface area contributed by atoms with E-state index >= 15 is 0 Å². The molecule has 0 fully saturated rings. The molecular weight excluding hydrogens is 327 g/mol. The Labute approximate surface area is 145 Å². The van der Waals surface area contributed by atoms with Crippen LogP contribution in [-0.4, -0.2) is 5.16 Å². The minimum Gasteiger partial charge on any atom is -0.290 e. The van der Waals surface area contributed by atoms with Gasteiger partial charge in [0.15, 0.2) is 27.9 Å². The van der Waals surface area contributed by atoms with Gasteiger partial charge in [0.25, 0.3) is 0 Å². The Morgan fingerprint density at radius 3 is 1.48 bits per heavy atom. The molecule has 0 saturated carbocycles. The molecule has 0 aliphatic heterocycles. The van der Waals surface area contributed by atoms with Gasteiger partial charge in [-0.05, 0) is 58.4 Å². The van der Waals surface area contributed by atoms with Gasteiger partial charge < -0.3 is 0 Å². The summed E-state index contributed by atoms with van der Waals surface area (Å²) in [6.07, 6.45) is 0.863. The first-order chi connectivity index (χ1) is 10.8. The number of halogens is 1. The zero-order chi connectivity index (χ0) is 17.1. The van der Waals surface area contributed by atoms with E-state index in [1.807, 2.05) is 62.4 Å². The normalized spacial score (nSPS) is 12.1. The van der Waals surface area contributed by atoms with Gasteiger partial charge in [0, 0.05) is 0 Å². The Bertz CT molecular complexity index is 588. The Balaban J connectivity index is 2.31. The third-order valence-electron chi connectivity index (χ3n) is 4.08. The zero-order valence-electron chi connectivity index (χ0n) is 14.5. The minimum atomic E-state index is -2.67. The molecule has 0 saturated heterocycles. The van der Waals surface area contributed by atoms with E-state index in [-0.39, 0.29) is 5.16 Å². The van der Waals surface area contributed by atoms with Crippen LogP contribution >= 0.6 is 18.3 Å². The van der Waals surface area contributed by atoms with Crippen molar-refractivity contribution in [3.05, 3.63) is 59.7 Å². The van der Waals surface area contributed by atoms with Crippen LogP contribution in [0.15, 0.2) is 48.5 Å². The fraction of sp³-hybridized carbons (Fsp3) is 0.368. The lowest BCUT2D eigenvalue weighted by Crippen LogP contribution is -2.27. The van der Waals surface area contributed by atoms with Crippen molar-refractivity contribution in [1.82, 2.24) is 0 Å². The first-order valence-corrected chi connectivity index (χ1v) is 10.4. The first-order valence-electron chi connectivity index (χ1n) is 7.87. The van der Waals surface area contributed by atoms with E-state index in [9.17, 15) is 0 Å². The van der Waals surface area contributed by atoms with Crippen LogP contribution in [0.3, 0.4) is 0 Å². The number of hydrogen-bond acceptors (Lipinski definition) is 2. The highest BCUT2D eigenvalue weighted by Gasteiger charge is 2.59. The van der Waals surface area contributed by atoms with Gasteiger partial charge in [-0.15, -0.1) is 0 Å². The smallest absolute Gasteiger partial charge is 0.290 e. The summed E-state index contributed by atoms with van der Waals surface area (Å²) in [4.78, 5) is 0. The molecule has 0 N–H and O–H groups in total. The predicted molar refractivity (Wildman–Crippen MR) is 101 cm³/mol. The second-order valence-corrected chi connectivity index (χ2v) is 10.3. The lowest BCUT2D eigenvalue weighted by atomic mass is 10.1. The first kappa shape index (κ1) is 18.1. The van der Waals surface area contributed by atoms with Crippen LogP contribution in [0.5, 0.6) is 11.5 Å². The molecule has 2 aromatic rings. The standard InChI is InChI=1S/C19H25ClO2P/c1-6-19(4,5)23(20,21-17-11-7-15(2)8-12-17)22-18-13-9-16(3)10-14-18/h7-14H,6H2,1-5H3/q+1. The highest BCUT2D eigenvalue weighted by atomic mass is 35.7. The van der Waals surface area contributed by atoms with Crippen molar-refractivity contribution >= 4 is 18.3 Å². The summed E-state index contributed by atoms with van der Waals surface area (Å²) in [7, 11) is -2.67. The van der Waals surface area contributed by atoms with Crippen molar-refractivity contribution in [1.29, 1.82) is 0 Å². The van der Waals surface area contributed by atoms with E-state index in [0.29, 0.717) is 0 Å². The summed E-state index contributed by atoms with van der Waals surface area (Å²) >= 11 is 6.95. The van der Waals surface area contributed by atoms with Crippen LogP contribution in [0.1, 0.15) is 38.3 Å². The lowest BCUT2D eigenvalue weighted by molar-refractivity contribution is 0.431. The number of hydrogen-bond donors (Lipinski definition) is 0. The molecule has 0 aromatic heterocycles. The van der Waals surface area contributed by atoms with E-state index < -0.39 is 7.07 Å². The van der Waals surface area contributed by atoms with Crippen molar-refractivity contribution in [2.24, 2.45) is 0 Å². The lowest BCUT2D eigenvalue weighted by Gasteiger charge is -2.30. The molecule has 0 aliphatic rings. The number of rotatable bonds is 6. The van der Waals surface area contributed by atoms with E-state index in [1.54, 1.807) is 0 Å². The highest BCUT2D eigenvalue weighted by Crippen LogP contribution is 2.74. The molecule has 2 rings (SSSR count). The largest absolute Gasteiger partial charge is 0.464 e. The number of benzene rings is 2. The van der Waals surface area contributed by atoms with Crippen LogP contribution in [0.4, 0.5) is 0 Å². The van der Waals surface area contributed by atoms with Gasteiger partial charge in [0.05, 0.1) is 0 Å². The molecule has 0 aliphatic carbocycles. The summed E-state index contributed by atoms with van der Waals surface area (Å²) in [5.41, 5.74) is 2.37. The predicted octanol–water partition coefficient (Wildman–Crippen LogP) is 6.95. The molecule has 4 heteroatoms. The maximum absolute atomic E-state index is 6.95. The third kappa shape index (κ3) is 4.40. The van der Waals surface area contributed by atoms with Crippen molar-refractivity contribution < 1.29 is 9.05 Å². The minimum absolute atomic E-state index is 0.273. The average molecular weight is 352 g/mol. The quantitative estimate of drug-likeness (QED) is 0.524. The second kappa shape index (κ2) is 7.11. The van der Waals surface area contributed by atoms with Crippen LogP contribution in [0, 0.1) is 13.8 Å². The molecule has 0 radical (unpaired) electrons. The van der Waals surface area contributed by atoms with E-state index in [2.05, 4.69) is 20.8 Å². The van der Waals surface area contributed by atoms with Gasteiger partial charge in [-0.2, -0.15) is 0 Å². The summed E-state index contributed by atoms with van der Waals surface area (Å²) in [5, 5.41) is -0.273. The second-order valence-electron chi connectivity index (χ2n) is 6.45. The van der Waals surface area contributed by atoms with E-state index in [1.165, 1.54) is 11.1 Å². The van der Waals surface area contributed by atoms with Crippen LogP contribution in [0.25, 0.3) is 0 Å². The molecule has 0 bridgehead atoms. The SMILES string of the molecule is CCC(C)(C)[P+](Cl)(Oc1ccc(C)cc1)Oc1ccc(C)cc1. The molecule has 124 valence electrons. The Hall–Kier alpha value is -1.24. The summed E-state index contributed by atoms with van der Waals surface area (Å²) in [6, 6.07) is 15.8. The van der Waals surface area contributed by atoms with E-state index in [0.717, 1.165) is 17.9 Å². The average Bonchev–Trinajstić information content (AvgIpc) is 2.52. The van der Waals surface area contributed by atoms with Gasteiger partial charge in [-0.25, -0.2) is 0 Å². The zero-order valence-corrected chi connectivity index (χ0v) is 16.1. The molecule has 2 nitrogen and oxygen atoms in total. The summed E-state index contributed by atoms with van der Waals surface area (Å²) < 4.78 is 12.4. The topological polar surface area (TPSA) is 18.5 Å². The van der Waals surface area contributed by atoms with Crippen molar-refractivity contribution in [3.8, 4) is 11.5 Å². The molecule has 0 heterocycles. The van der Waals surface area contributed by atoms with E-state index in [4.69, 9.17) is 20.3 Å². The molecule has 0 spiro atoms. The third-order valence-corrected chi connectivity index (χ3v) is 8.52. The van der Waals surface area contributed by atoms with Crippen LogP contribution in [-0.2, 0) is 0 Å². The van der Waals surface area contributed by atoms with Crippen LogP contribution < -0.4 is 9.05 Å². The summed E-state index contributed by atoms with van der Waals surface area (Å²) in [5.74, 6) is 1.49. The van der Waals surface area contributed by atoms with Crippen LogP contribution in [0.2, 0.25) is 0 Å². The number of aryl methyl sites for hydroxylation is 2. The fourth-order valence-electron chi connectivity index (χ4n) is 1.92. The van der Waals surface area contributed by atoms with Gasteiger partial charge in [-0.3, -0.25) is 9.05 Å². The monoisotopic (exact) mass is 351 g/mol. The maximum atomic E-state index is 6.95. The molecule has 23 heavy (non-hydrogen) atoms. The Kier molecular flexibility index (Phi) is 5.60. The maximum Gasteiger partial charge on any atom is 0.464 e. The molecular formula is C19H25ClO2P+. The van der Waals surface area contributed by atoms with Gasteiger partial charge in [-0.1, -0.05) is 42.3 Å². The van der Waals surface area contributed by atoms with Gasteiger partial charge >= 0.3 is 7.07 Å². The molecule has 0 atom stereocenters. The molecule has 0 unspecified atom stereocenters. The highest BCUT2D eigenvalue weighted by molar-refractivity contribution is 7.93. The molecule has 0 amide bonds. The summed E-state index contributed by atoms with van der Waals surface area (Å²) in [6.45, 7) is 10.4. The van der Waals surface area contributed by atoms with Crippen molar-refractivity contribution in [2.45, 2.75) is 46.2 Å². The van der Waals surface area contributed by atoms with Crippen molar-refractivity contribution in [3.63, 3.8) is 0 Å². The fourth-order valence-corrected chi connectivity index (χ4v) is 4.46. The van der Waals surface area contributed by atoms with Gasteiger partial charge in [0.1, 0.15) is 0 Å². The molecule has 2 aromatic carbocycles. The Morgan fingerprint density at radius 1 is 0.826 bits per heavy atom. The van der Waals surface area contributed by atoms with Gasteiger partial charge in [0.2, 0.25) is 0 Å². The Morgan fingerprint density at radius 2 is 1.17 bits per heavy atom. The van der Waals surface area contributed by atoms with Crippen molar-refractivity contribution in [2.75, 3.05) is 0 Å².